The number of aromatic nitrogens is 3. The maximum atomic E-state index is 9.14. The normalized spacial score (nSPS) is 14.8. The first-order chi connectivity index (χ1) is 9.02. The molecule has 0 radical (unpaired) electrons. The topological polar surface area (TPSA) is 62.5 Å². The molecular formula is C14H22N4O. The van der Waals surface area contributed by atoms with Gasteiger partial charge in [-0.3, -0.25) is 4.40 Å². The fourth-order valence-electron chi connectivity index (χ4n) is 2.15. The molecule has 0 saturated carbocycles. The number of aliphatic hydroxyl groups excluding tert-OH is 1. The SMILES string of the molecule is Cc1cc(C)n2c(CNC(C)C(C)CO)cnc2n1. The molecule has 5 nitrogen and oxygen atoms in total. The lowest BCUT2D eigenvalue weighted by Gasteiger charge is -2.19. The lowest BCUT2D eigenvalue weighted by Crippen LogP contribution is -2.33. The van der Waals surface area contributed by atoms with Gasteiger partial charge in [-0.05, 0) is 32.8 Å². The van der Waals surface area contributed by atoms with Crippen LogP contribution in [-0.2, 0) is 6.54 Å². The number of fused-ring (bicyclic) bond motifs is 1. The first-order valence-corrected chi connectivity index (χ1v) is 6.67. The van der Waals surface area contributed by atoms with Crippen molar-refractivity contribution in [2.24, 2.45) is 5.92 Å². The number of rotatable bonds is 5. The zero-order valence-electron chi connectivity index (χ0n) is 12.0. The Labute approximate surface area is 113 Å². The molecule has 104 valence electrons. The van der Waals surface area contributed by atoms with Crippen molar-refractivity contribution in [1.29, 1.82) is 0 Å². The van der Waals surface area contributed by atoms with E-state index in [1.807, 2.05) is 20.0 Å². The number of imidazole rings is 1. The van der Waals surface area contributed by atoms with E-state index in [2.05, 4.69) is 39.6 Å². The average molecular weight is 262 g/mol. The van der Waals surface area contributed by atoms with Gasteiger partial charge in [0.2, 0.25) is 5.78 Å². The van der Waals surface area contributed by atoms with Gasteiger partial charge in [0.15, 0.2) is 0 Å². The predicted molar refractivity (Wildman–Crippen MR) is 75.0 cm³/mol. The smallest absolute Gasteiger partial charge is 0.234 e. The largest absolute Gasteiger partial charge is 0.396 e. The van der Waals surface area contributed by atoms with Crippen LogP contribution in [0.3, 0.4) is 0 Å². The Morgan fingerprint density at radius 2 is 2.11 bits per heavy atom. The molecule has 5 heteroatoms. The summed E-state index contributed by atoms with van der Waals surface area (Å²) in [5.41, 5.74) is 3.22. The molecule has 0 bridgehead atoms. The highest BCUT2D eigenvalue weighted by molar-refractivity contribution is 5.35. The van der Waals surface area contributed by atoms with E-state index in [-0.39, 0.29) is 18.6 Å². The molecule has 0 aliphatic rings. The summed E-state index contributed by atoms with van der Waals surface area (Å²) < 4.78 is 2.07. The number of hydrogen-bond donors (Lipinski definition) is 2. The van der Waals surface area contributed by atoms with E-state index in [1.165, 1.54) is 0 Å². The van der Waals surface area contributed by atoms with Gasteiger partial charge in [-0.25, -0.2) is 9.97 Å². The van der Waals surface area contributed by atoms with Crippen molar-refractivity contribution in [2.45, 2.75) is 40.3 Å². The highest BCUT2D eigenvalue weighted by Crippen LogP contribution is 2.11. The van der Waals surface area contributed by atoms with Gasteiger partial charge in [0.25, 0.3) is 0 Å². The first kappa shape index (κ1) is 14.0. The summed E-state index contributed by atoms with van der Waals surface area (Å²) in [6.07, 6.45) is 1.86. The van der Waals surface area contributed by atoms with Crippen molar-refractivity contribution in [2.75, 3.05) is 6.61 Å². The lowest BCUT2D eigenvalue weighted by molar-refractivity contribution is 0.206. The number of nitrogens with one attached hydrogen (secondary N) is 1. The third-order valence-electron chi connectivity index (χ3n) is 3.61. The highest BCUT2D eigenvalue weighted by Gasteiger charge is 2.12. The fourth-order valence-corrected chi connectivity index (χ4v) is 2.15. The summed E-state index contributed by atoms with van der Waals surface area (Å²) in [5.74, 6) is 0.984. The second-order valence-corrected chi connectivity index (χ2v) is 5.25. The summed E-state index contributed by atoms with van der Waals surface area (Å²) in [7, 11) is 0. The molecule has 2 rings (SSSR count). The van der Waals surface area contributed by atoms with Gasteiger partial charge >= 0.3 is 0 Å². The Morgan fingerprint density at radius 3 is 2.79 bits per heavy atom. The van der Waals surface area contributed by atoms with Crippen LogP contribution in [0.1, 0.15) is 30.9 Å². The Kier molecular flexibility index (Phi) is 4.17. The van der Waals surface area contributed by atoms with Crippen LogP contribution < -0.4 is 5.32 Å². The van der Waals surface area contributed by atoms with Gasteiger partial charge in [0.05, 0.1) is 11.9 Å². The standard InChI is InChI=1S/C14H22N4O/c1-9(8-19)12(4)15-6-13-7-16-14-17-10(2)5-11(3)18(13)14/h5,7,9,12,15,19H,6,8H2,1-4H3. The molecule has 2 atom stereocenters. The number of hydrogen-bond acceptors (Lipinski definition) is 4. The van der Waals surface area contributed by atoms with Crippen molar-refractivity contribution in [3.05, 3.63) is 29.3 Å². The van der Waals surface area contributed by atoms with Crippen molar-refractivity contribution < 1.29 is 5.11 Å². The molecular weight excluding hydrogens is 240 g/mol. The van der Waals surface area contributed by atoms with Crippen LogP contribution in [0, 0.1) is 19.8 Å². The van der Waals surface area contributed by atoms with Gasteiger partial charge in [0, 0.05) is 30.6 Å². The molecule has 0 aliphatic carbocycles. The van der Waals surface area contributed by atoms with Crippen molar-refractivity contribution in [1.82, 2.24) is 19.7 Å². The molecule has 0 spiro atoms. The van der Waals surface area contributed by atoms with E-state index < -0.39 is 0 Å². The molecule has 0 aliphatic heterocycles. The van der Waals surface area contributed by atoms with Gasteiger partial charge < -0.3 is 10.4 Å². The van der Waals surface area contributed by atoms with Crippen LogP contribution in [-0.4, -0.2) is 32.1 Å². The molecule has 0 saturated heterocycles. The Morgan fingerprint density at radius 1 is 1.37 bits per heavy atom. The highest BCUT2D eigenvalue weighted by atomic mass is 16.3. The molecule has 2 N–H and O–H groups in total. The second kappa shape index (κ2) is 5.67. The predicted octanol–water partition coefficient (Wildman–Crippen LogP) is 1.45. The van der Waals surface area contributed by atoms with Crippen molar-refractivity contribution in [3.63, 3.8) is 0 Å². The van der Waals surface area contributed by atoms with Gasteiger partial charge in [-0.1, -0.05) is 6.92 Å². The molecule has 0 aromatic carbocycles. The monoisotopic (exact) mass is 262 g/mol. The van der Waals surface area contributed by atoms with Crippen molar-refractivity contribution >= 4 is 5.78 Å². The van der Waals surface area contributed by atoms with Crippen LogP contribution in [0.25, 0.3) is 5.78 Å². The van der Waals surface area contributed by atoms with Crippen LogP contribution in [0.4, 0.5) is 0 Å². The van der Waals surface area contributed by atoms with Gasteiger partial charge in [0.1, 0.15) is 0 Å². The maximum absolute atomic E-state index is 9.14. The van der Waals surface area contributed by atoms with Crippen LogP contribution in [0.5, 0.6) is 0 Å². The second-order valence-electron chi connectivity index (χ2n) is 5.25. The lowest BCUT2D eigenvalue weighted by atomic mass is 10.1. The minimum absolute atomic E-state index is 0.196. The van der Waals surface area contributed by atoms with Gasteiger partial charge in [-0.15, -0.1) is 0 Å². The van der Waals surface area contributed by atoms with E-state index >= 15 is 0 Å². The van der Waals surface area contributed by atoms with Crippen LogP contribution >= 0.6 is 0 Å². The quantitative estimate of drug-likeness (QED) is 0.856. The number of aryl methyl sites for hydroxylation is 2. The molecule has 2 heterocycles. The van der Waals surface area contributed by atoms with E-state index in [1.54, 1.807) is 0 Å². The molecule has 2 aromatic rings. The molecule has 0 amide bonds. The number of aliphatic hydroxyl groups is 1. The van der Waals surface area contributed by atoms with Gasteiger partial charge in [-0.2, -0.15) is 0 Å². The van der Waals surface area contributed by atoms with Crippen LogP contribution in [0.15, 0.2) is 12.3 Å². The van der Waals surface area contributed by atoms with E-state index in [9.17, 15) is 0 Å². The molecule has 2 unspecified atom stereocenters. The van der Waals surface area contributed by atoms with E-state index in [4.69, 9.17) is 5.11 Å². The molecule has 0 fully saturated rings. The Bertz CT molecular complexity index is 564. The minimum Gasteiger partial charge on any atom is -0.396 e. The van der Waals surface area contributed by atoms with Crippen LogP contribution in [0.2, 0.25) is 0 Å². The first-order valence-electron chi connectivity index (χ1n) is 6.67. The summed E-state index contributed by atoms with van der Waals surface area (Å²) in [4.78, 5) is 8.77. The zero-order valence-corrected chi connectivity index (χ0v) is 12.0. The molecule has 2 aromatic heterocycles. The Hall–Kier alpha value is -1.46. The third-order valence-corrected chi connectivity index (χ3v) is 3.61. The summed E-state index contributed by atoms with van der Waals surface area (Å²) in [5, 5.41) is 12.6. The average Bonchev–Trinajstić information content (AvgIpc) is 2.78. The number of nitrogens with zero attached hydrogens (tertiary/aromatic N) is 3. The Balaban J connectivity index is 2.18. The maximum Gasteiger partial charge on any atom is 0.234 e. The van der Waals surface area contributed by atoms with Crippen molar-refractivity contribution in [3.8, 4) is 0 Å². The third kappa shape index (κ3) is 2.93. The minimum atomic E-state index is 0.196. The molecule has 19 heavy (non-hydrogen) atoms. The summed E-state index contributed by atoms with van der Waals surface area (Å²) >= 11 is 0. The van der Waals surface area contributed by atoms with E-state index in [0.717, 1.165) is 29.4 Å². The fraction of sp³-hybridized carbons (Fsp3) is 0.571. The summed E-state index contributed by atoms with van der Waals surface area (Å²) in [6.45, 7) is 9.07. The summed E-state index contributed by atoms with van der Waals surface area (Å²) in [6, 6.07) is 2.31. The van der Waals surface area contributed by atoms with E-state index in [0.29, 0.717) is 0 Å². The zero-order chi connectivity index (χ0) is 14.0.